The molecule has 1 atom stereocenters. The average Bonchev–Trinajstić information content (AvgIpc) is 2.42. The molecular weight excluding hydrogens is 250 g/mol. The molecule has 0 saturated carbocycles. The Morgan fingerprint density at radius 3 is 2.85 bits per heavy atom. The number of nitrogens with one attached hydrogen (secondary N) is 1. The van der Waals surface area contributed by atoms with Gasteiger partial charge in [0.15, 0.2) is 0 Å². The molecule has 0 fully saturated rings. The van der Waals surface area contributed by atoms with Crippen LogP contribution in [0, 0.1) is 6.92 Å². The van der Waals surface area contributed by atoms with E-state index in [4.69, 9.17) is 5.73 Å². The minimum Gasteiger partial charge on any atom is -0.324 e. The molecule has 3 N–H and O–H groups in total. The summed E-state index contributed by atoms with van der Waals surface area (Å²) < 4.78 is 0. The fourth-order valence-electron chi connectivity index (χ4n) is 2.32. The number of hydrogen-bond acceptors (Lipinski definition) is 3. The number of carbonyl (C=O) groups is 1. The van der Waals surface area contributed by atoms with Gasteiger partial charge in [0, 0.05) is 11.6 Å². The second-order valence-corrected chi connectivity index (χ2v) is 5.45. The number of rotatable bonds is 4. The molecule has 1 heterocycles. The third-order valence-corrected chi connectivity index (χ3v) is 3.51. The van der Waals surface area contributed by atoms with E-state index >= 15 is 0 Å². The second-order valence-electron chi connectivity index (χ2n) is 5.45. The largest absolute Gasteiger partial charge is 0.324 e. The van der Waals surface area contributed by atoms with Gasteiger partial charge in [0.05, 0.1) is 16.7 Å². The normalized spacial score (nSPS) is 14.0. The average molecular weight is 271 g/mol. The maximum absolute atomic E-state index is 12.3. The van der Waals surface area contributed by atoms with Crippen molar-refractivity contribution in [1.29, 1.82) is 0 Å². The Morgan fingerprint density at radius 1 is 1.40 bits per heavy atom. The number of nitrogens with two attached hydrogens (primary N) is 1. The zero-order valence-electron chi connectivity index (χ0n) is 12.2. The lowest BCUT2D eigenvalue weighted by atomic mass is 9.96. The number of benzene rings is 1. The number of hydrogen-bond donors (Lipinski definition) is 2. The molecule has 2 aromatic rings. The first kappa shape index (κ1) is 14.5. The van der Waals surface area contributed by atoms with Crippen LogP contribution in [-0.2, 0) is 4.79 Å². The summed E-state index contributed by atoms with van der Waals surface area (Å²) in [6, 6.07) is 7.68. The lowest BCUT2D eigenvalue weighted by molar-refractivity contribution is -0.120. The van der Waals surface area contributed by atoms with Crippen molar-refractivity contribution in [2.45, 2.75) is 39.2 Å². The highest BCUT2D eigenvalue weighted by Gasteiger charge is 2.27. The van der Waals surface area contributed by atoms with Crippen molar-refractivity contribution in [2.75, 3.05) is 5.32 Å². The molecule has 0 saturated heterocycles. The van der Waals surface area contributed by atoms with Gasteiger partial charge < -0.3 is 11.1 Å². The number of amides is 1. The zero-order chi connectivity index (χ0) is 14.8. The summed E-state index contributed by atoms with van der Waals surface area (Å²) in [5, 5.41) is 3.87. The van der Waals surface area contributed by atoms with Crippen molar-refractivity contribution in [3.05, 3.63) is 36.0 Å². The van der Waals surface area contributed by atoms with Crippen LogP contribution in [0.25, 0.3) is 10.9 Å². The first-order valence-corrected chi connectivity index (χ1v) is 6.90. The SMILES string of the molecule is CCCC(C)(N)C(=O)Nc1ccc(C)c2ncccc12. The molecule has 1 unspecified atom stereocenters. The highest BCUT2D eigenvalue weighted by atomic mass is 16.2. The molecule has 4 nitrogen and oxygen atoms in total. The number of fused-ring (bicyclic) bond motifs is 1. The van der Waals surface area contributed by atoms with Crippen molar-refractivity contribution < 1.29 is 4.79 Å². The molecule has 0 radical (unpaired) electrons. The van der Waals surface area contributed by atoms with Crippen LogP contribution >= 0.6 is 0 Å². The van der Waals surface area contributed by atoms with Gasteiger partial charge in [-0.25, -0.2) is 0 Å². The van der Waals surface area contributed by atoms with Crippen LogP contribution in [0.5, 0.6) is 0 Å². The lowest BCUT2D eigenvalue weighted by Crippen LogP contribution is -2.48. The molecule has 1 aromatic carbocycles. The van der Waals surface area contributed by atoms with Crippen LogP contribution in [-0.4, -0.2) is 16.4 Å². The number of anilines is 1. The Labute approximate surface area is 119 Å². The molecule has 106 valence electrons. The quantitative estimate of drug-likeness (QED) is 0.898. The lowest BCUT2D eigenvalue weighted by Gasteiger charge is -2.23. The smallest absolute Gasteiger partial charge is 0.244 e. The molecule has 0 spiro atoms. The maximum Gasteiger partial charge on any atom is 0.244 e. The molecule has 0 bridgehead atoms. The highest BCUT2D eigenvalue weighted by Crippen LogP contribution is 2.25. The van der Waals surface area contributed by atoms with E-state index in [2.05, 4.69) is 10.3 Å². The number of nitrogens with zero attached hydrogens (tertiary/aromatic N) is 1. The first-order chi connectivity index (χ1) is 9.45. The third kappa shape index (κ3) is 2.80. The van der Waals surface area contributed by atoms with E-state index in [1.54, 1.807) is 13.1 Å². The van der Waals surface area contributed by atoms with E-state index in [1.165, 1.54) is 0 Å². The number of aromatic nitrogens is 1. The van der Waals surface area contributed by atoms with Crippen molar-refractivity contribution in [1.82, 2.24) is 4.98 Å². The molecule has 4 heteroatoms. The van der Waals surface area contributed by atoms with Crippen LogP contribution < -0.4 is 11.1 Å². The second kappa shape index (κ2) is 5.59. The molecule has 0 aliphatic heterocycles. The highest BCUT2D eigenvalue weighted by molar-refractivity contribution is 6.04. The molecular formula is C16H21N3O. The number of pyridine rings is 1. The fraction of sp³-hybridized carbons (Fsp3) is 0.375. The number of carbonyl (C=O) groups excluding carboxylic acids is 1. The standard InChI is InChI=1S/C16H21N3O/c1-4-9-16(3,17)15(20)19-13-8-7-11(2)14-12(13)6-5-10-18-14/h5-8,10H,4,9,17H2,1-3H3,(H,19,20). The maximum atomic E-state index is 12.3. The van der Waals surface area contributed by atoms with Gasteiger partial charge in [0.1, 0.15) is 0 Å². The molecule has 20 heavy (non-hydrogen) atoms. The Balaban J connectivity index is 2.35. The summed E-state index contributed by atoms with van der Waals surface area (Å²) >= 11 is 0. The topological polar surface area (TPSA) is 68.0 Å². The van der Waals surface area contributed by atoms with Crippen LogP contribution in [0.4, 0.5) is 5.69 Å². The van der Waals surface area contributed by atoms with Gasteiger partial charge in [-0.3, -0.25) is 9.78 Å². The van der Waals surface area contributed by atoms with Gasteiger partial charge in [-0.05, 0) is 44.0 Å². The van der Waals surface area contributed by atoms with Crippen molar-refractivity contribution in [3.8, 4) is 0 Å². The van der Waals surface area contributed by atoms with Gasteiger partial charge in [-0.15, -0.1) is 0 Å². The van der Waals surface area contributed by atoms with Crippen molar-refractivity contribution in [2.24, 2.45) is 5.73 Å². The third-order valence-electron chi connectivity index (χ3n) is 3.51. The summed E-state index contributed by atoms with van der Waals surface area (Å²) in [6.07, 6.45) is 3.28. The van der Waals surface area contributed by atoms with Gasteiger partial charge in [0.25, 0.3) is 0 Å². The Bertz CT molecular complexity index is 635. The molecule has 0 aliphatic carbocycles. The summed E-state index contributed by atoms with van der Waals surface area (Å²) in [6.45, 7) is 5.79. The van der Waals surface area contributed by atoms with E-state index in [9.17, 15) is 4.79 Å². The molecule has 1 aromatic heterocycles. The Kier molecular flexibility index (Phi) is 4.04. The molecule has 1 amide bonds. The van der Waals surface area contributed by atoms with Crippen LogP contribution in [0.2, 0.25) is 0 Å². The summed E-state index contributed by atoms with van der Waals surface area (Å²) in [5.74, 6) is -0.159. The van der Waals surface area contributed by atoms with E-state index in [0.717, 1.165) is 28.6 Å². The van der Waals surface area contributed by atoms with Crippen molar-refractivity contribution >= 4 is 22.5 Å². The van der Waals surface area contributed by atoms with Crippen molar-refractivity contribution in [3.63, 3.8) is 0 Å². The predicted octanol–water partition coefficient (Wildman–Crippen LogP) is 3.00. The molecule has 2 rings (SSSR count). The predicted molar refractivity (Wildman–Crippen MR) is 82.6 cm³/mol. The zero-order valence-corrected chi connectivity index (χ0v) is 12.2. The van der Waals surface area contributed by atoms with E-state index < -0.39 is 5.54 Å². The van der Waals surface area contributed by atoms with Crippen LogP contribution in [0.1, 0.15) is 32.3 Å². The Morgan fingerprint density at radius 2 is 2.15 bits per heavy atom. The van der Waals surface area contributed by atoms with Gasteiger partial charge in [-0.1, -0.05) is 19.4 Å². The first-order valence-electron chi connectivity index (χ1n) is 6.90. The Hall–Kier alpha value is -1.94. The fourth-order valence-corrected chi connectivity index (χ4v) is 2.32. The summed E-state index contributed by atoms with van der Waals surface area (Å²) in [7, 11) is 0. The summed E-state index contributed by atoms with van der Waals surface area (Å²) in [4.78, 5) is 16.7. The number of aryl methyl sites for hydroxylation is 1. The van der Waals surface area contributed by atoms with Gasteiger partial charge in [-0.2, -0.15) is 0 Å². The van der Waals surface area contributed by atoms with E-state index in [-0.39, 0.29) is 5.91 Å². The van der Waals surface area contributed by atoms with Gasteiger partial charge in [0.2, 0.25) is 5.91 Å². The van der Waals surface area contributed by atoms with E-state index in [1.807, 2.05) is 38.1 Å². The van der Waals surface area contributed by atoms with Crippen LogP contribution in [0.3, 0.4) is 0 Å². The van der Waals surface area contributed by atoms with Crippen LogP contribution in [0.15, 0.2) is 30.5 Å². The molecule has 0 aliphatic rings. The van der Waals surface area contributed by atoms with Gasteiger partial charge >= 0.3 is 0 Å². The minimum atomic E-state index is -0.853. The minimum absolute atomic E-state index is 0.159. The monoisotopic (exact) mass is 271 g/mol. The van der Waals surface area contributed by atoms with E-state index in [0.29, 0.717) is 6.42 Å². The summed E-state index contributed by atoms with van der Waals surface area (Å²) in [5.41, 5.74) is 7.96.